The number of nitrogens with one attached hydrogen (secondary N) is 7. The number of carbonyl (C=O) groups excluding carboxylic acids is 1. The summed E-state index contributed by atoms with van der Waals surface area (Å²) < 4.78 is 93.4. The van der Waals surface area contributed by atoms with Gasteiger partial charge in [0.05, 0.1) is 74.7 Å². The number of nitrogens with two attached hydrogens (primary N) is 3. The molecule has 95 heavy (non-hydrogen) atoms. The van der Waals surface area contributed by atoms with Crippen molar-refractivity contribution >= 4 is 103 Å². The number of aromatic amines is 2. The summed E-state index contributed by atoms with van der Waals surface area (Å²) in [6.07, 6.45) is -2.12. The van der Waals surface area contributed by atoms with Gasteiger partial charge in [-0.1, -0.05) is 6.07 Å². The van der Waals surface area contributed by atoms with Crippen molar-refractivity contribution in [2.75, 3.05) is 49.4 Å². The van der Waals surface area contributed by atoms with E-state index in [1.54, 1.807) is 24.3 Å². The zero-order valence-corrected chi connectivity index (χ0v) is 52.3. The van der Waals surface area contributed by atoms with Crippen molar-refractivity contribution in [1.82, 2.24) is 79.1 Å². The van der Waals surface area contributed by atoms with E-state index in [1.807, 2.05) is 0 Å². The van der Waals surface area contributed by atoms with Crippen molar-refractivity contribution in [2.45, 2.75) is 80.0 Å². The first-order valence-electron chi connectivity index (χ1n) is 28.6. The summed E-state index contributed by atoms with van der Waals surface area (Å²) in [5, 5.41) is 34.3. The number of rotatable bonds is 19. The number of H-pyrrole nitrogens is 2. The van der Waals surface area contributed by atoms with Gasteiger partial charge in [-0.2, -0.15) is 9.97 Å². The van der Waals surface area contributed by atoms with E-state index in [2.05, 4.69) is 70.8 Å². The van der Waals surface area contributed by atoms with Gasteiger partial charge in [0, 0.05) is 53.8 Å². The Morgan fingerprint density at radius 1 is 0.642 bits per heavy atom. The fourth-order valence-electron chi connectivity index (χ4n) is 12.2. The van der Waals surface area contributed by atoms with Gasteiger partial charge in [-0.25, -0.2) is 58.7 Å². The third-order valence-electron chi connectivity index (χ3n) is 16.5. The average molecular weight is 1390 g/mol. The Balaban J connectivity index is 0.704. The summed E-state index contributed by atoms with van der Waals surface area (Å²) in [6, 6.07) is 10.2. The number of esters is 1. The van der Waals surface area contributed by atoms with E-state index in [4.69, 9.17) is 66.7 Å². The number of nitrogens with zero attached hydrogens (tertiary/aromatic N) is 10. The molecule has 6 aromatic heterocycles. The molecule has 14 rings (SSSR count). The maximum absolute atomic E-state index is 14.5. The Labute approximate surface area is 536 Å². The van der Waals surface area contributed by atoms with E-state index in [1.165, 1.54) is 76.4 Å². The van der Waals surface area contributed by atoms with Crippen LogP contribution in [-0.4, -0.2) is 158 Å². The molecule has 11 heterocycles. The molecule has 12 atom stereocenters. The molecule has 18 N–H and O–H groups in total. The van der Waals surface area contributed by atoms with Crippen LogP contribution in [0.15, 0.2) is 89.5 Å². The molecular weight excluding hydrogens is 1330 g/mol. The van der Waals surface area contributed by atoms with Crippen LogP contribution in [0.3, 0.4) is 0 Å². The fraction of sp³-hybridized carbons (Fsp3) is 0.327. The van der Waals surface area contributed by atoms with Gasteiger partial charge in [0.2, 0.25) is 11.9 Å². The quantitative estimate of drug-likeness (QED) is 0.0310. The van der Waals surface area contributed by atoms with Gasteiger partial charge in [0.1, 0.15) is 59.6 Å². The number of phenolic OH excluding ortho intramolecular Hbond substituents is 2. The number of carbonyl (C=O) groups is 1. The Morgan fingerprint density at radius 2 is 1.12 bits per heavy atom. The van der Waals surface area contributed by atoms with E-state index in [9.17, 15) is 53.0 Å². The summed E-state index contributed by atoms with van der Waals surface area (Å²) >= 11 is 5.84. The second-order valence-electron chi connectivity index (χ2n) is 22.4. The molecule has 0 radical (unpaired) electrons. The maximum atomic E-state index is 14.5. The molecule has 0 amide bonds. The first-order chi connectivity index (χ1) is 45.3. The molecule has 3 aromatic carbocycles. The van der Waals surface area contributed by atoms with Crippen molar-refractivity contribution in [2.24, 2.45) is 0 Å². The van der Waals surface area contributed by atoms with Gasteiger partial charge >= 0.3 is 29.2 Å². The highest BCUT2D eigenvalue weighted by atomic mass is 32.1. The lowest BCUT2D eigenvalue weighted by Crippen LogP contribution is -2.44. The molecule has 43 heteroatoms. The summed E-state index contributed by atoms with van der Waals surface area (Å²) in [7, 11) is -13.3. The SMILES string of the molecule is CNP(=O)(O)OCC1OC(n2cnc3c(N)ncnc32)CC1NP(=O)(O)OCC1OC(n2cnc3c(=O)[nH]c(N)nc32)CC1NP(=O)(O)OCC1OC(n2cnc3c(=O)[nH]c(N)nc32)CC1NC(=S)Nc1ccc2c(c1)C(=O)OC21c2ccc(O)cc2Oc2cc(O)ccc21. The van der Waals surface area contributed by atoms with Crippen molar-refractivity contribution in [3.05, 3.63) is 123 Å². The van der Waals surface area contributed by atoms with Crippen LogP contribution in [0.1, 0.15) is 65.0 Å². The summed E-state index contributed by atoms with van der Waals surface area (Å²) in [5.41, 5.74) is 16.9. The van der Waals surface area contributed by atoms with Crippen LogP contribution in [0, 0.1) is 0 Å². The van der Waals surface area contributed by atoms with Gasteiger partial charge in [-0.05, 0) is 55.7 Å². The summed E-state index contributed by atoms with van der Waals surface area (Å²) in [4.78, 5) is 107. The van der Waals surface area contributed by atoms with Crippen molar-refractivity contribution in [1.29, 1.82) is 0 Å². The topological polar surface area (TPSA) is 552 Å². The highest BCUT2D eigenvalue weighted by Gasteiger charge is 2.54. The maximum Gasteiger partial charge on any atom is 0.403 e. The highest BCUT2D eigenvalue weighted by molar-refractivity contribution is 7.80. The third-order valence-corrected chi connectivity index (χ3v) is 20.1. The largest absolute Gasteiger partial charge is 0.508 e. The number of fused-ring (bicyclic) bond motifs is 9. The number of imidazole rings is 3. The van der Waals surface area contributed by atoms with E-state index < -0.39 is 121 Å². The van der Waals surface area contributed by atoms with E-state index >= 15 is 0 Å². The lowest BCUT2D eigenvalue weighted by atomic mass is 9.77. The standard InChI is InChI=1S/C52H55N20O19P3S/c1-56-92(78,79)84-15-34-29(12-37(89-34)70-18-59-39-42(53)57-17-58-43(39)70)68-94(82,83)86-16-35-30(13-38(90-35)72-20-61-41-45(72)65-50(55)67-47(41)76)69-93(80,81)85-14-33-28(11-36(88-33)71-19-60-40-44(71)64-49(54)66-46(40)75)63-51(95)62-21-2-5-25-24(8-21)48(77)91-52(25)26-6-3-22(73)9-31(26)87-32-10-23(74)4-7-27(32)52/h2-10,17-20,28-30,33-38,73-74H,11-16H2,1H3,(H2,53,57,58)(H2,56,78,79)(H2,62,63,95)(H2,68,82,83)(H2,69,80,81)(H3,54,64,66,75)(H3,55,65,67,76). The molecule has 5 aliphatic heterocycles. The van der Waals surface area contributed by atoms with Crippen LogP contribution in [0.2, 0.25) is 0 Å². The monoisotopic (exact) mass is 1390 g/mol. The van der Waals surface area contributed by atoms with Crippen molar-refractivity contribution in [3.63, 3.8) is 0 Å². The average Bonchev–Trinajstić information content (AvgIpc) is 1.61. The smallest absolute Gasteiger partial charge is 0.403 e. The Morgan fingerprint density at radius 3 is 1.64 bits per heavy atom. The molecule has 0 saturated carbocycles. The number of hydrogen-bond acceptors (Lipinski definition) is 27. The van der Waals surface area contributed by atoms with Gasteiger partial charge < -0.3 is 76.4 Å². The number of aromatic nitrogens is 12. The van der Waals surface area contributed by atoms with Gasteiger partial charge in [-0.3, -0.25) is 46.8 Å². The first kappa shape index (κ1) is 63.5. The molecular formula is C52H55N20O19P3S. The van der Waals surface area contributed by atoms with E-state index in [0.717, 1.165) is 0 Å². The molecule has 0 bridgehead atoms. The first-order valence-corrected chi connectivity index (χ1v) is 33.8. The Kier molecular flexibility index (Phi) is 16.1. The van der Waals surface area contributed by atoms with Crippen LogP contribution < -0.4 is 59.0 Å². The van der Waals surface area contributed by atoms with Crippen LogP contribution >= 0.6 is 35.5 Å². The van der Waals surface area contributed by atoms with Gasteiger partial charge in [-0.15, -0.1) is 0 Å². The van der Waals surface area contributed by atoms with Crippen LogP contribution in [0.4, 0.5) is 23.4 Å². The molecule has 0 aliphatic carbocycles. The number of aromatic hydroxyl groups is 2. The minimum atomic E-state index is -5.07. The molecule has 5 aliphatic rings. The molecule has 3 saturated heterocycles. The minimum absolute atomic E-state index is 0.0149. The predicted molar refractivity (Wildman–Crippen MR) is 332 cm³/mol. The second-order valence-corrected chi connectivity index (χ2v) is 27.6. The van der Waals surface area contributed by atoms with Crippen LogP contribution in [0.5, 0.6) is 23.0 Å². The Bertz CT molecular complexity index is 4830. The van der Waals surface area contributed by atoms with Crippen molar-refractivity contribution < 1.29 is 80.6 Å². The number of ether oxygens (including phenoxy) is 5. The second kappa shape index (κ2) is 24.1. The molecule has 12 unspecified atom stereocenters. The zero-order valence-electron chi connectivity index (χ0n) is 48.8. The Hall–Kier alpha value is -8.92. The number of nitrogen functional groups attached to an aromatic ring is 3. The fourth-order valence-corrected chi connectivity index (χ4v) is 15.2. The molecule has 498 valence electrons. The van der Waals surface area contributed by atoms with E-state index in [-0.39, 0.29) is 104 Å². The molecule has 3 fully saturated rings. The summed E-state index contributed by atoms with van der Waals surface area (Å²) in [5.74, 6) is -1.02. The van der Waals surface area contributed by atoms with Crippen molar-refractivity contribution in [3.8, 4) is 23.0 Å². The third kappa shape index (κ3) is 12.0. The number of hydrogen-bond donors (Lipinski definition) is 15. The number of anilines is 4. The zero-order chi connectivity index (χ0) is 66.6. The summed E-state index contributed by atoms with van der Waals surface area (Å²) in [6.45, 7) is -2.03. The highest BCUT2D eigenvalue weighted by Crippen LogP contribution is 2.57. The van der Waals surface area contributed by atoms with Crippen LogP contribution in [-0.2, 0) is 51.8 Å². The predicted octanol–water partition coefficient (Wildman–Crippen LogP) is 1.52. The number of benzene rings is 3. The van der Waals surface area contributed by atoms with Gasteiger partial charge in [0.15, 0.2) is 44.5 Å². The molecule has 39 nitrogen and oxygen atoms in total. The van der Waals surface area contributed by atoms with Gasteiger partial charge in [0.25, 0.3) is 11.1 Å². The lowest BCUT2D eigenvalue weighted by Gasteiger charge is -2.36. The normalized spacial score (nSPS) is 24.6. The number of thiocarbonyl (C=S) groups is 1. The number of phenols is 2. The molecule has 9 aromatic rings. The van der Waals surface area contributed by atoms with Crippen LogP contribution in [0.25, 0.3) is 33.5 Å². The molecule has 1 spiro atoms. The minimum Gasteiger partial charge on any atom is -0.508 e. The van der Waals surface area contributed by atoms with E-state index in [0.29, 0.717) is 22.4 Å². The lowest BCUT2D eigenvalue weighted by molar-refractivity contribution is -0.0261.